The van der Waals surface area contributed by atoms with Gasteiger partial charge in [-0.15, -0.1) is 11.3 Å². The van der Waals surface area contributed by atoms with E-state index in [1.807, 2.05) is 24.3 Å². The number of hydrogen-bond donors (Lipinski definition) is 4. The van der Waals surface area contributed by atoms with Crippen LogP contribution in [0, 0.1) is 0 Å². The van der Waals surface area contributed by atoms with Gasteiger partial charge < -0.3 is 14.8 Å². The summed E-state index contributed by atoms with van der Waals surface area (Å²) in [6.07, 6.45) is 0. The zero-order valence-corrected chi connectivity index (χ0v) is 14.5. The molecule has 1 amide bonds. The Morgan fingerprint density at radius 2 is 1.93 bits per heavy atom. The fourth-order valence-electron chi connectivity index (χ4n) is 2.52. The Morgan fingerprint density at radius 3 is 2.67 bits per heavy atom. The highest BCUT2D eigenvalue weighted by atomic mass is 32.1. The second-order valence-corrected chi connectivity index (χ2v) is 6.63. The number of aromatic hydroxyl groups is 1. The van der Waals surface area contributed by atoms with E-state index in [1.54, 1.807) is 6.07 Å². The van der Waals surface area contributed by atoms with Crippen LogP contribution in [0.5, 0.6) is 5.75 Å². The molecule has 8 nitrogen and oxygen atoms in total. The predicted molar refractivity (Wildman–Crippen MR) is 99.4 cm³/mol. The van der Waals surface area contributed by atoms with E-state index in [1.165, 1.54) is 35.6 Å². The molecule has 0 saturated carbocycles. The zero-order chi connectivity index (χ0) is 19.0. The summed E-state index contributed by atoms with van der Waals surface area (Å²) in [4.78, 5) is 16.8. The molecule has 27 heavy (non-hydrogen) atoms. The van der Waals surface area contributed by atoms with Crippen LogP contribution in [0.25, 0.3) is 20.8 Å². The number of nitrogens with one attached hydrogen (secondary N) is 1. The Morgan fingerprint density at radius 1 is 1.11 bits per heavy atom. The molecule has 0 aliphatic rings. The SMILES string of the molecule is O=C(Nc1ccc(O)c(-c2nc3ccccc3s2)c1)c1ccc(N(O)O)o1. The molecule has 2 heterocycles. The minimum atomic E-state index is -0.580. The number of carbonyl (C=O) groups is 1. The summed E-state index contributed by atoms with van der Waals surface area (Å²) in [5.41, 5.74) is 1.74. The van der Waals surface area contributed by atoms with Crippen LogP contribution in [0.3, 0.4) is 0 Å². The van der Waals surface area contributed by atoms with Crippen LogP contribution in [0.2, 0.25) is 0 Å². The van der Waals surface area contributed by atoms with Crippen LogP contribution in [0.4, 0.5) is 11.6 Å². The van der Waals surface area contributed by atoms with Crippen molar-refractivity contribution in [2.24, 2.45) is 0 Å². The monoisotopic (exact) mass is 383 g/mol. The molecule has 0 aliphatic carbocycles. The second-order valence-electron chi connectivity index (χ2n) is 5.60. The fraction of sp³-hybridized carbons (Fsp3) is 0. The van der Waals surface area contributed by atoms with E-state index in [0.29, 0.717) is 16.3 Å². The van der Waals surface area contributed by atoms with Gasteiger partial charge in [-0.3, -0.25) is 15.2 Å². The maximum absolute atomic E-state index is 12.3. The first kappa shape index (κ1) is 17.0. The van der Waals surface area contributed by atoms with Crippen molar-refractivity contribution in [3.8, 4) is 16.3 Å². The van der Waals surface area contributed by atoms with Crippen molar-refractivity contribution >= 4 is 39.0 Å². The summed E-state index contributed by atoms with van der Waals surface area (Å²) in [5, 5.41) is 31.0. The minimum Gasteiger partial charge on any atom is -0.507 e. The number of nitrogens with zero attached hydrogens (tertiary/aromatic N) is 2. The Kier molecular flexibility index (Phi) is 4.24. The molecule has 0 saturated heterocycles. The zero-order valence-electron chi connectivity index (χ0n) is 13.7. The number of phenols is 1. The molecule has 4 N–H and O–H groups in total. The van der Waals surface area contributed by atoms with Gasteiger partial charge in [-0.05, 0) is 36.4 Å². The molecule has 0 radical (unpaired) electrons. The number of aromatic nitrogens is 1. The largest absolute Gasteiger partial charge is 0.507 e. The van der Waals surface area contributed by atoms with Gasteiger partial charge in [0.2, 0.25) is 5.88 Å². The maximum atomic E-state index is 12.3. The highest BCUT2D eigenvalue weighted by Crippen LogP contribution is 2.36. The normalized spacial score (nSPS) is 10.9. The van der Waals surface area contributed by atoms with E-state index in [-0.39, 0.29) is 22.6 Å². The van der Waals surface area contributed by atoms with Crippen molar-refractivity contribution < 1.29 is 24.7 Å². The first-order valence-corrected chi connectivity index (χ1v) is 8.61. The highest BCUT2D eigenvalue weighted by molar-refractivity contribution is 7.21. The van der Waals surface area contributed by atoms with E-state index in [0.717, 1.165) is 10.2 Å². The Bertz CT molecular complexity index is 1100. The molecule has 4 aromatic rings. The van der Waals surface area contributed by atoms with Crippen LogP contribution >= 0.6 is 11.3 Å². The van der Waals surface area contributed by atoms with Gasteiger partial charge in [0.25, 0.3) is 5.91 Å². The van der Waals surface area contributed by atoms with E-state index >= 15 is 0 Å². The van der Waals surface area contributed by atoms with Crippen LogP contribution in [0.1, 0.15) is 10.6 Å². The Labute approximate surface area is 156 Å². The van der Waals surface area contributed by atoms with Crippen molar-refractivity contribution in [3.63, 3.8) is 0 Å². The van der Waals surface area contributed by atoms with Gasteiger partial charge in [-0.2, -0.15) is 0 Å². The number of anilines is 2. The van der Waals surface area contributed by atoms with Gasteiger partial charge in [0.15, 0.2) is 5.76 Å². The van der Waals surface area contributed by atoms with E-state index in [2.05, 4.69) is 10.3 Å². The number of benzene rings is 2. The molecule has 0 fully saturated rings. The standard InChI is InChI=1S/C18H13N3O5S/c22-13-6-5-10(19-17(23)14-7-8-16(26-14)21(24)25)9-11(13)18-20-12-3-1-2-4-15(12)27-18/h1-9,22,24-25H,(H,19,23). The molecule has 0 atom stereocenters. The highest BCUT2D eigenvalue weighted by Gasteiger charge is 2.16. The summed E-state index contributed by atoms with van der Waals surface area (Å²) in [5.74, 6) is -0.929. The molecule has 9 heteroatoms. The van der Waals surface area contributed by atoms with Crippen molar-refractivity contribution in [1.82, 2.24) is 4.98 Å². The molecule has 0 aliphatic heterocycles. The number of para-hydroxylation sites is 1. The number of amides is 1. The van der Waals surface area contributed by atoms with Gasteiger partial charge in [-0.1, -0.05) is 17.4 Å². The van der Waals surface area contributed by atoms with Gasteiger partial charge in [0.05, 0.1) is 15.8 Å². The van der Waals surface area contributed by atoms with E-state index < -0.39 is 5.91 Å². The lowest BCUT2D eigenvalue weighted by molar-refractivity contribution is 0.0171. The van der Waals surface area contributed by atoms with Crippen molar-refractivity contribution in [1.29, 1.82) is 0 Å². The number of fused-ring (bicyclic) bond motifs is 1. The average molecular weight is 383 g/mol. The third-order valence-electron chi connectivity index (χ3n) is 3.79. The topological polar surface area (TPSA) is 119 Å². The van der Waals surface area contributed by atoms with Gasteiger partial charge in [0.1, 0.15) is 10.8 Å². The third kappa shape index (κ3) is 3.34. The molecule has 4 rings (SSSR count). The lowest BCUT2D eigenvalue weighted by Gasteiger charge is -2.07. The Balaban J connectivity index is 1.62. The average Bonchev–Trinajstić information content (AvgIpc) is 3.30. The number of thiazole rings is 1. The first-order chi connectivity index (χ1) is 13.0. The lowest BCUT2D eigenvalue weighted by Crippen LogP contribution is -2.12. The van der Waals surface area contributed by atoms with Crippen molar-refractivity contribution in [2.75, 3.05) is 10.5 Å². The number of hydrogen-bond acceptors (Lipinski definition) is 8. The van der Waals surface area contributed by atoms with Crippen molar-refractivity contribution in [3.05, 3.63) is 60.4 Å². The van der Waals surface area contributed by atoms with Crippen LogP contribution in [0.15, 0.2) is 59.0 Å². The molecule has 0 bridgehead atoms. The third-order valence-corrected chi connectivity index (χ3v) is 4.86. The molecular weight excluding hydrogens is 370 g/mol. The number of phenolic OH excluding ortho intramolecular Hbond substituents is 1. The van der Waals surface area contributed by atoms with E-state index in [9.17, 15) is 9.90 Å². The first-order valence-electron chi connectivity index (χ1n) is 7.79. The molecule has 0 unspecified atom stereocenters. The van der Waals surface area contributed by atoms with Crippen LogP contribution < -0.4 is 10.5 Å². The molecule has 0 spiro atoms. The van der Waals surface area contributed by atoms with Gasteiger partial charge >= 0.3 is 0 Å². The Hall–Kier alpha value is -3.40. The minimum absolute atomic E-state index is 0.0449. The van der Waals surface area contributed by atoms with Gasteiger partial charge in [0, 0.05) is 11.8 Å². The van der Waals surface area contributed by atoms with E-state index in [4.69, 9.17) is 14.8 Å². The summed E-state index contributed by atoms with van der Waals surface area (Å²) in [6.45, 7) is 0. The summed E-state index contributed by atoms with van der Waals surface area (Å²) < 4.78 is 6.00. The smallest absolute Gasteiger partial charge is 0.291 e. The fourth-order valence-corrected chi connectivity index (χ4v) is 3.51. The summed E-state index contributed by atoms with van der Waals surface area (Å²) >= 11 is 1.43. The predicted octanol–water partition coefficient (Wildman–Crippen LogP) is 4.10. The molecular formula is C18H13N3O5S. The second kappa shape index (κ2) is 6.72. The number of rotatable bonds is 4. The van der Waals surface area contributed by atoms with Gasteiger partial charge in [-0.25, -0.2) is 4.98 Å². The van der Waals surface area contributed by atoms with Crippen LogP contribution in [-0.4, -0.2) is 26.4 Å². The lowest BCUT2D eigenvalue weighted by atomic mass is 10.2. The molecule has 2 aromatic heterocycles. The number of carbonyl (C=O) groups excluding carboxylic acids is 1. The quantitative estimate of drug-likeness (QED) is 0.309. The van der Waals surface area contributed by atoms with Crippen molar-refractivity contribution in [2.45, 2.75) is 0 Å². The maximum Gasteiger partial charge on any atom is 0.291 e. The number of furan rings is 1. The summed E-state index contributed by atoms with van der Waals surface area (Å²) in [7, 11) is 0. The molecule has 2 aromatic carbocycles. The summed E-state index contributed by atoms with van der Waals surface area (Å²) in [6, 6.07) is 14.8. The van der Waals surface area contributed by atoms with Crippen LogP contribution in [-0.2, 0) is 0 Å². The molecule has 136 valence electrons.